The SMILES string of the molecule is CCCOCCCn1c(CC)nc2c(C(=O)O)cccc21. The van der Waals surface area contributed by atoms with Gasteiger partial charge in [-0.1, -0.05) is 19.9 Å². The van der Waals surface area contributed by atoms with E-state index >= 15 is 0 Å². The first-order chi connectivity index (χ1) is 10.2. The summed E-state index contributed by atoms with van der Waals surface area (Å²) in [4.78, 5) is 15.8. The van der Waals surface area contributed by atoms with Gasteiger partial charge in [-0.3, -0.25) is 0 Å². The van der Waals surface area contributed by atoms with E-state index in [0.717, 1.165) is 50.4 Å². The molecule has 1 aromatic heterocycles. The van der Waals surface area contributed by atoms with Crippen LogP contribution in [0, 0.1) is 0 Å². The van der Waals surface area contributed by atoms with Gasteiger partial charge < -0.3 is 14.4 Å². The van der Waals surface area contributed by atoms with E-state index in [4.69, 9.17) is 4.74 Å². The Morgan fingerprint density at radius 1 is 1.33 bits per heavy atom. The highest BCUT2D eigenvalue weighted by molar-refractivity contribution is 6.01. The van der Waals surface area contributed by atoms with Gasteiger partial charge in [-0.15, -0.1) is 0 Å². The van der Waals surface area contributed by atoms with E-state index in [0.29, 0.717) is 5.52 Å². The first-order valence-corrected chi connectivity index (χ1v) is 7.48. The quantitative estimate of drug-likeness (QED) is 0.759. The zero-order chi connectivity index (χ0) is 15.2. The van der Waals surface area contributed by atoms with Crippen LogP contribution in [0.3, 0.4) is 0 Å². The van der Waals surface area contributed by atoms with Crippen LogP contribution in [-0.2, 0) is 17.7 Å². The summed E-state index contributed by atoms with van der Waals surface area (Å²) in [7, 11) is 0. The van der Waals surface area contributed by atoms with E-state index in [1.54, 1.807) is 12.1 Å². The Balaban J connectivity index is 2.25. The molecule has 0 saturated heterocycles. The van der Waals surface area contributed by atoms with E-state index in [9.17, 15) is 9.90 Å². The van der Waals surface area contributed by atoms with Crippen molar-refractivity contribution in [1.29, 1.82) is 0 Å². The summed E-state index contributed by atoms with van der Waals surface area (Å²) in [5, 5.41) is 9.26. The van der Waals surface area contributed by atoms with Crippen LogP contribution >= 0.6 is 0 Å². The number of ether oxygens (including phenoxy) is 1. The van der Waals surface area contributed by atoms with Gasteiger partial charge in [-0.2, -0.15) is 0 Å². The molecule has 2 aromatic rings. The number of nitrogens with zero attached hydrogens (tertiary/aromatic N) is 2. The third-order valence-corrected chi connectivity index (χ3v) is 3.42. The zero-order valence-corrected chi connectivity index (χ0v) is 12.6. The first kappa shape index (κ1) is 15.5. The summed E-state index contributed by atoms with van der Waals surface area (Å²) in [5.74, 6) is -0.00614. The van der Waals surface area contributed by atoms with Crippen molar-refractivity contribution < 1.29 is 14.6 Å². The fraction of sp³-hybridized carbons (Fsp3) is 0.500. The lowest BCUT2D eigenvalue weighted by molar-refractivity contribution is 0.0699. The van der Waals surface area contributed by atoms with Crippen molar-refractivity contribution >= 4 is 17.0 Å². The number of carbonyl (C=O) groups is 1. The second kappa shape index (κ2) is 7.22. The minimum Gasteiger partial charge on any atom is -0.478 e. The van der Waals surface area contributed by atoms with Crippen molar-refractivity contribution in [3.05, 3.63) is 29.6 Å². The molecule has 21 heavy (non-hydrogen) atoms. The summed E-state index contributed by atoms with van der Waals surface area (Å²) >= 11 is 0. The number of hydrogen-bond donors (Lipinski definition) is 1. The number of aromatic carboxylic acids is 1. The second-order valence-corrected chi connectivity index (χ2v) is 4.98. The number of para-hydroxylation sites is 1. The van der Waals surface area contributed by atoms with Crippen molar-refractivity contribution in [3.8, 4) is 0 Å². The van der Waals surface area contributed by atoms with Gasteiger partial charge in [0.2, 0.25) is 0 Å². The van der Waals surface area contributed by atoms with Crippen molar-refractivity contribution in [2.24, 2.45) is 0 Å². The molecule has 1 N–H and O–H groups in total. The highest BCUT2D eigenvalue weighted by Gasteiger charge is 2.15. The van der Waals surface area contributed by atoms with E-state index in [1.807, 2.05) is 13.0 Å². The first-order valence-electron chi connectivity index (χ1n) is 7.48. The minimum atomic E-state index is -0.931. The molecular formula is C16H22N2O3. The molecule has 0 spiro atoms. The number of carboxylic acid groups (broad SMARTS) is 1. The van der Waals surface area contributed by atoms with Crippen LogP contribution in [-0.4, -0.2) is 33.8 Å². The monoisotopic (exact) mass is 290 g/mol. The van der Waals surface area contributed by atoms with Crippen molar-refractivity contribution in [3.63, 3.8) is 0 Å². The molecule has 0 atom stereocenters. The van der Waals surface area contributed by atoms with Gasteiger partial charge in [0, 0.05) is 26.2 Å². The predicted octanol–water partition coefficient (Wildman–Crippen LogP) is 3.11. The Hall–Kier alpha value is -1.88. The fourth-order valence-electron chi connectivity index (χ4n) is 2.46. The van der Waals surface area contributed by atoms with Gasteiger partial charge in [0.25, 0.3) is 0 Å². The number of aromatic nitrogens is 2. The maximum Gasteiger partial charge on any atom is 0.337 e. The van der Waals surface area contributed by atoms with Crippen LogP contribution in [0.15, 0.2) is 18.2 Å². The highest BCUT2D eigenvalue weighted by Crippen LogP contribution is 2.21. The molecule has 0 aliphatic rings. The Morgan fingerprint density at radius 3 is 2.81 bits per heavy atom. The third-order valence-electron chi connectivity index (χ3n) is 3.42. The van der Waals surface area contributed by atoms with Gasteiger partial charge in [0.15, 0.2) is 0 Å². The van der Waals surface area contributed by atoms with Crippen LogP contribution in [0.25, 0.3) is 11.0 Å². The van der Waals surface area contributed by atoms with Crippen molar-refractivity contribution in [2.75, 3.05) is 13.2 Å². The molecule has 5 heteroatoms. The van der Waals surface area contributed by atoms with Crippen LogP contribution < -0.4 is 0 Å². The van der Waals surface area contributed by atoms with Crippen LogP contribution in [0.1, 0.15) is 42.9 Å². The number of benzene rings is 1. The lowest BCUT2D eigenvalue weighted by Crippen LogP contribution is -2.06. The lowest BCUT2D eigenvalue weighted by atomic mass is 10.2. The van der Waals surface area contributed by atoms with Crippen LogP contribution in [0.2, 0.25) is 0 Å². The molecular weight excluding hydrogens is 268 g/mol. The highest BCUT2D eigenvalue weighted by atomic mass is 16.5. The third kappa shape index (κ3) is 3.42. The Labute approximate surface area is 124 Å². The maximum absolute atomic E-state index is 11.3. The van der Waals surface area contributed by atoms with Crippen molar-refractivity contribution in [2.45, 2.75) is 39.7 Å². The van der Waals surface area contributed by atoms with Crippen LogP contribution in [0.5, 0.6) is 0 Å². The summed E-state index contributed by atoms with van der Waals surface area (Å²) in [5.41, 5.74) is 1.74. The number of fused-ring (bicyclic) bond motifs is 1. The molecule has 5 nitrogen and oxygen atoms in total. The largest absolute Gasteiger partial charge is 0.478 e. The maximum atomic E-state index is 11.3. The molecule has 0 fully saturated rings. The molecule has 0 aliphatic heterocycles. The molecule has 0 amide bonds. The standard InChI is InChI=1S/C16H22N2O3/c1-3-10-21-11-6-9-18-13-8-5-7-12(16(19)20)15(13)17-14(18)4-2/h5,7-8H,3-4,6,9-11H2,1-2H3,(H,19,20). The van der Waals surface area contributed by atoms with Crippen LogP contribution in [0.4, 0.5) is 0 Å². The Bertz CT molecular complexity index is 619. The van der Waals surface area contributed by atoms with Gasteiger partial charge in [-0.05, 0) is 25.0 Å². The average molecular weight is 290 g/mol. The average Bonchev–Trinajstić information content (AvgIpc) is 2.84. The second-order valence-electron chi connectivity index (χ2n) is 4.98. The smallest absolute Gasteiger partial charge is 0.337 e. The van der Waals surface area contributed by atoms with E-state index in [1.165, 1.54) is 0 Å². The van der Waals surface area contributed by atoms with E-state index < -0.39 is 5.97 Å². The molecule has 1 heterocycles. The Morgan fingerprint density at radius 2 is 2.14 bits per heavy atom. The molecule has 114 valence electrons. The molecule has 0 radical (unpaired) electrons. The lowest BCUT2D eigenvalue weighted by Gasteiger charge is -2.08. The van der Waals surface area contributed by atoms with Gasteiger partial charge in [-0.25, -0.2) is 9.78 Å². The van der Waals surface area contributed by atoms with Gasteiger partial charge in [0.1, 0.15) is 11.3 Å². The summed E-state index contributed by atoms with van der Waals surface area (Å²) in [6.45, 7) is 6.42. The predicted molar refractivity (Wildman–Crippen MR) is 81.8 cm³/mol. The van der Waals surface area contributed by atoms with Gasteiger partial charge in [0.05, 0.1) is 11.1 Å². The summed E-state index contributed by atoms with van der Waals surface area (Å²) in [6.07, 6.45) is 2.70. The molecule has 2 rings (SSSR count). The number of aryl methyl sites for hydroxylation is 2. The molecule has 1 aromatic carbocycles. The van der Waals surface area contributed by atoms with E-state index in [-0.39, 0.29) is 5.56 Å². The zero-order valence-electron chi connectivity index (χ0n) is 12.6. The minimum absolute atomic E-state index is 0.267. The molecule has 0 saturated carbocycles. The number of rotatable bonds is 8. The normalized spacial score (nSPS) is 11.1. The number of carboxylic acids is 1. The number of imidazole rings is 1. The molecule has 0 unspecified atom stereocenters. The topological polar surface area (TPSA) is 64.4 Å². The van der Waals surface area contributed by atoms with Gasteiger partial charge >= 0.3 is 5.97 Å². The van der Waals surface area contributed by atoms with E-state index in [2.05, 4.69) is 16.5 Å². The molecule has 0 bridgehead atoms. The number of hydrogen-bond acceptors (Lipinski definition) is 3. The summed E-state index contributed by atoms with van der Waals surface area (Å²) < 4.78 is 7.61. The summed E-state index contributed by atoms with van der Waals surface area (Å²) in [6, 6.07) is 5.31. The molecule has 0 aliphatic carbocycles. The Kier molecular flexibility index (Phi) is 5.33. The van der Waals surface area contributed by atoms with Crippen molar-refractivity contribution in [1.82, 2.24) is 9.55 Å². The fourth-order valence-corrected chi connectivity index (χ4v) is 2.46.